The summed E-state index contributed by atoms with van der Waals surface area (Å²) in [4.78, 5) is 24.8. The van der Waals surface area contributed by atoms with Crippen LogP contribution in [0.15, 0.2) is 0 Å². The van der Waals surface area contributed by atoms with E-state index in [0.717, 1.165) is 12.8 Å². The van der Waals surface area contributed by atoms with Crippen LogP contribution in [0.2, 0.25) is 0 Å². The molecule has 0 rings (SSSR count). The van der Waals surface area contributed by atoms with Crippen molar-refractivity contribution < 1.29 is 9.59 Å². The number of Topliss-reactive ketones (excluding diaryl/α,β-unsaturated/α-hetero) is 1. The van der Waals surface area contributed by atoms with Gasteiger partial charge in [0.1, 0.15) is 0 Å². The molecule has 0 aliphatic heterocycles. The van der Waals surface area contributed by atoms with Crippen LogP contribution in [-0.2, 0) is 9.59 Å². The maximum absolute atomic E-state index is 11.7. The van der Waals surface area contributed by atoms with Crippen molar-refractivity contribution in [2.45, 2.75) is 47.5 Å². The van der Waals surface area contributed by atoms with Gasteiger partial charge in [0.2, 0.25) is 5.78 Å². The average molecular weight is 227 g/mol. The van der Waals surface area contributed by atoms with Crippen LogP contribution in [0.3, 0.4) is 0 Å². The number of hydrogen-bond acceptors (Lipinski definition) is 2. The Bertz CT molecular complexity index is 257. The van der Waals surface area contributed by atoms with E-state index in [9.17, 15) is 9.59 Å². The third-order valence-corrected chi connectivity index (χ3v) is 2.67. The van der Waals surface area contributed by atoms with Crippen molar-refractivity contribution in [2.75, 3.05) is 13.6 Å². The van der Waals surface area contributed by atoms with Crippen molar-refractivity contribution >= 4 is 11.7 Å². The Hall–Kier alpha value is -0.860. The second kappa shape index (κ2) is 6.02. The van der Waals surface area contributed by atoms with Crippen molar-refractivity contribution in [2.24, 2.45) is 11.3 Å². The molecule has 3 nitrogen and oxygen atoms in total. The molecular weight excluding hydrogens is 202 g/mol. The number of ketones is 1. The quantitative estimate of drug-likeness (QED) is 0.654. The summed E-state index contributed by atoms with van der Waals surface area (Å²) >= 11 is 0. The molecule has 0 aromatic carbocycles. The summed E-state index contributed by atoms with van der Waals surface area (Å²) < 4.78 is 0. The molecule has 0 atom stereocenters. The Morgan fingerprint density at radius 2 is 1.75 bits per heavy atom. The molecular formula is C13H25NO2. The summed E-state index contributed by atoms with van der Waals surface area (Å²) in [5.41, 5.74) is 0.0798. The van der Waals surface area contributed by atoms with E-state index in [0.29, 0.717) is 6.54 Å². The molecule has 0 N–H and O–H groups in total. The molecule has 0 heterocycles. The van der Waals surface area contributed by atoms with E-state index >= 15 is 0 Å². The van der Waals surface area contributed by atoms with Gasteiger partial charge in [-0.15, -0.1) is 0 Å². The van der Waals surface area contributed by atoms with Gasteiger partial charge < -0.3 is 4.90 Å². The zero-order valence-electron chi connectivity index (χ0n) is 11.5. The van der Waals surface area contributed by atoms with Gasteiger partial charge in [-0.25, -0.2) is 0 Å². The lowest BCUT2D eigenvalue weighted by atomic mass is 9.87. The van der Waals surface area contributed by atoms with E-state index in [1.165, 1.54) is 0 Å². The van der Waals surface area contributed by atoms with Gasteiger partial charge in [0.15, 0.2) is 0 Å². The van der Waals surface area contributed by atoms with Gasteiger partial charge in [0, 0.05) is 19.5 Å². The number of amides is 1. The monoisotopic (exact) mass is 227 g/mol. The van der Waals surface area contributed by atoms with E-state index in [-0.39, 0.29) is 23.0 Å². The van der Waals surface area contributed by atoms with Gasteiger partial charge in [-0.1, -0.05) is 41.0 Å². The van der Waals surface area contributed by atoms with Crippen LogP contribution < -0.4 is 0 Å². The second-order valence-corrected chi connectivity index (χ2v) is 5.59. The highest BCUT2D eigenvalue weighted by molar-refractivity contribution is 6.36. The third kappa shape index (κ3) is 4.77. The molecule has 1 amide bonds. The lowest BCUT2D eigenvalue weighted by Gasteiger charge is -2.30. The molecule has 0 radical (unpaired) electrons. The first-order valence-corrected chi connectivity index (χ1v) is 6.00. The van der Waals surface area contributed by atoms with E-state index in [4.69, 9.17) is 0 Å². The van der Waals surface area contributed by atoms with Crippen LogP contribution in [0, 0.1) is 11.3 Å². The van der Waals surface area contributed by atoms with Crippen LogP contribution >= 0.6 is 0 Å². The van der Waals surface area contributed by atoms with Crippen molar-refractivity contribution in [3.05, 3.63) is 0 Å². The lowest BCUT2D eigenvalue weighted by molar-refractivity contribution is -0.146. The van der Waals surface area contributed by atoms with Crippen molar-refractivity contribution in [1.29, 1.82) is 0 Å². The summed E-state index contributed by atoms with van der Waals surface area (Å²) in [5, 5.41) is 0. The highest BCUT2D eigenvalue weighted by atomic mass is 16.2. The highest BCUT2D eigenvalue weighted by Crippen LogP contribution is 2.23. The molecule has 0 unspecified atom stereocenters. The van der Waals surface area contributed by atoms with Crippen molar-refractivity contribution in [1.82, 2.24) is 4.90 Å². The molecule has 0 aromatic rings. The highest BCUT2D eigenvalue weighted by Gasteiger charge is 2.26. The first kappa shape index (κ1) is 15.1. The molecule has 3 heteroatoms. The number of nitrogens with zero attached hydrogens (tertiary/aromatic N) is 1. The zero-order valence-corrected chi connectivity index (χ0v) is 11.5. The fourth-order valence-corrected chi connectivity index (χ4v) is 1.90. The fraction of sp³-hybridized carbons (Fsp3) is 0.846. The molecule has 0 aliphatic rings. The van der Waals surface area contributed by atoms with Crippen LogP contribution in [0.5, 0.6) is 0 Å². The second-order valence-electron chi connectivity index (χ2n) is 5.59. The van der Waals surface area contributed by atoms with Gasteiger partial charge in [-0.3, -0.25) is 9.59 Å². The lowest BCUT2D eigenvalue weighted by Crippen LogP contribution is -2.41. The fourth-order valence-electron chi connectivity index (χ4n) is 1.90. The average Bonchev–Trinajstić information content (AvgIpc) is 2.14. The van der Waals surface area contributed by atoms with Crippen molar-refractivity contribution in [3.8, 4) is 0 Å². The Morgan fingerprint density at radius 1 is 1.25 bits per heavy atom. The summed E-state index contributed by atoms with van der Waals surface area (Å²) in [5.74, 6) is -0.877. The van der Waals surface area contributed by atoms with Crippen LogP contribution in [-0.4, -0.2) is 30.2 Å². The molecule has 94 valence electrons. The van der Waals surface area contributed by atoms with Crippen LogP contribution in [0.1, 0.15) is 47.5 Å². The summed E-state index contributed by atoms with van der Waals surface area (Å²) in [6, 6.07) is 0. The maximum atomic E-state index is 11.7. The SMILES string of the molecule is CCCC(C)(C)CN(C)C(=O)C(=O)C(C)C. The first-order valence-electron chi connectivity index (χ1n) is 6.00. The predicted molar refractivity (Wildman–Crippen MR) is 66.2 cm³/mol. The predicted octanol–water partition coefficient (Wildman–Crippen LogP) is 2.50. The molecule has 0 fully saturated rings. The largest absolute Gasteiger partial charge is 0.339 e. The summed E-state index contributed by atoms with van der Waals surface area (Å²) in [6.45, 7) is 10.5. The number of likely N-dealkylation sites (N-methyl/N-ethyl adjacent to an activating group) is 1. The first-order chi connectivity index (χ1) is 7.21. The molecule has 0 aliphatic carbocycles. The number of carbonyl (C=O) groups is 2. The summed E-state index contributed by atoms with van der Waals surface area (Å²) in [6.07, 6.45) is 2.15. The van der Waals surface area contributed by atoms with Crippen LogP contribution in [0.4, 0.5) is 0 Å². The van der Waals surface area contributed by atoms with Crippen LogP contribution in [0.25, 0.3) is 0 Å². The Kier molecular flexibility index (Phi) is 5.70. The van der Waals surface area contributed by atoms with E-state index in [1.807, 2.05) is 0 Å². The maximum Gasteiger partial charge on any atom is 0.289 e. The number of carbonyl (C=O) groups excluding carboxylic acids is 2. The molecule has 0 bridgehead atoms. The molecule has 16 heavy (non-hydrogen) atoms. The van der Waals surface area contributed by atoms with Gasteiger partial charge >= 0.3 is 0 Å². The minimum Gasteiger partial charge on any atom is -0.339 e. The normalized spacial score (nSPS) is 11.7. The van der Waals surface area contributed by atoms with Gasteiger partial charge in [0.25, 0.3) is 5.91 Å². The van der Waals surface area contributed by atoms with Gasteiger partial charge in [-0.2, -0.15) is 0 Å². The third-order valence-electron chi connectivity index (χ3n) is 2.67. The zero-order chi connectivity index (χ0) is 12.9. The smallest absolute Gasteiger partial charge is 0.289 e. The molecule has 0 aromatic heterocycles. The number of rotatable bonds is 6. The minimum atomic E-state index is -0.362. The van der Waals surface area contributed by atoms with Crippen molar-refractivity contribution in [3.63, 3.8) is 0 Å². The van der Waals surface area contributed by atoms with E-state index in [1.54, 1.807) is 25.8 Å². The topological polar surface area (TPSA) is 37.4 Å². The Morgan fingerprint density at radius 3 is 2.12 bits per heavy atom. The van der Waals surface area contributed by atoms with E-state index in [2.05, 4.69) is 20.8 Å². The minimum absolute atomic E-state index is 0.0798. The Labute approximate surface area is 99.2 Å². The van der Waals surface area contributed by atoms with Gasteiger partial charge in [-0.05, 0) is 11.8 Å². The Balaban J connectivity index is 4.41. The van der Waals surface area contributed by atoms with Gasteiger partial charge in [0.05, 0.1) is 0 Å². The van der Waals surface area contributed by atoms with E-state index < -0.39 is 0 Å². The number of hydrogen-bond donors (Lipinski definition) is 0. The standard InChI is InChI=1S/C13H25NO2/c1-7-8-13(4,5)9-14(6)12(16)11(15)10(2)3/h10H,7-9H2,1-6H3. The molecule has 0 spiro atoms. The molecule has 0 saturated heterocycles. The summed E-state index contributed by atoms with van der Waals surface area (Å²) in [7, 11) is 1.71. The molecule has 0 saturated carbocycles.